The molecule has 1 unspecified atom stereocenters. The van der Waals surface area contributed by atoms with E-state index in [0.717, 1.165) is 19.1 Å². The predicted octanol–water partition coefficient (Wildman–Crippen LogP) is 6.42. The van der Waals surface area contributed by atoms with Gasteiger partial charge in [-0.15, -0.1) is 0 Å². The number of aryl methyl sites for hydroxylation is 1. The van der Waals surface area contributed by atoms with Gasteiger partial charge in [0.15, 0.2) is 0 Å². The predicted molar refractivity (Wildman–Crippen MR) is 140 cm³/mol. The second-order valence-corrected chi connectivity index (χ2v) is 11.7. The van der Waals surface area contributed by atoms with Gasteiger partial charge in [-0.05, 0) is 43.6 Å². The van der Waals surface area contributed by atoms with Gasteiger partial charge in [0.05, 0.1) is 35.6 Å². The second-order valence-electron chi connectivity index (χ2n) is 11.7. The molecule has 246 valence electrons. The normalized spacial score (nSPS) is 18.9. The molecule has 2 amide bonds. The number of carbonyl (C=O) groups is 2. The summed E-state index contributed by atoms with van der Waals surface area (Å²) >= 11 is 0. The number of hydrogen-bond acceptors (Lipinski definition) is 6. The highest BCUT2D eigenvalue weighted by atomic mass is 19.4. The van der Waals surface area contributed by atoms with Gasteiger partial charge in [-0.1, -0.05) is 5.16 Å². The Morgan fingerprint density at radius 2 is 1.56 bits per heavy atom. The zero-order chi connectivity index (χ0) is 32.6. The number of imidazole rings is 1. The number of rotatable bonds is 11. The second kappa shape index (κ2) is 12.5. The van der Waals surface area contributed by atoms with E-state index in [4.69, 9.17) is 4.52 Å². The van der Waals surface area contributed by atoms with E-state index in [2.05, 4.69) is 25.8 Å². The molecule has 2 aliphatic carbocycles. The maximum Gasteiger partial charge on any atom is 0.389 e. The molecule has 2 saturated carbocycles. The van der Waals surface area contributed by atoms with Crippen LogP contribution in [0.2, 0.25) is 0 Å². The molecule has 2 aliphatic rings. The molecule has 45 heavy (non-hydrogen) atoms. The molecule has 9 nitrogen and oxygen atoms in total. The molecule has 3 aromatic rings. The Hall–Kier alpha value is -3.79. The van der Waals surface area contributed by atoms with Crippen molar-refractivity contribution in [3.63, 3.8) is 0 Å². The van der Waals surface area contributed by atoms with Crippen molar-refractivity contribution in [3.05, 3.63) is 47.4 Å². The number of nitrogens with zero attached hydrogens (tertiary/aromatic N) is 4. The summed E-state index contributed by atoms with van der Waals surface area (Å²) in [6, 6.07) is 0.0192. The smallest absolute Gasteiger partial charge is 0.364 e. The summed E-state index contributed by atoms with van der Waals surface area (Å²) in [5.74, 6) is -4.83. The molecule has 0 aliphatic heterocycles. The van der Waals surface area contributed by atoms with Gasteiger partial charge in [-0.3, -0.25) is 14.0 Å². The van der Waals surface area contributed by atoms with E-state index in [-0.39, 0.29) is 41.5 Å². The number of halogens is 8. The first-order valence-corrected chi connectivity index (χ1v) is 14.5. The molecule has 0 saturated heterocycles. The molecule has 0 radical (unpaired) electrons. The van der Waals surface area contributed by atoms with Crippen LogP contribution in [0.25, 0.3) is 5.78 Å². The summed E-state index contributed by atoms with van der Waals surface area (Å²) in [5, 5.41) is 8.89. The van der Waals surface area contributed by atoms with Gasteiger partial charge in [-0.2, -0.15) is 26.3 Å². The third kappa shape index (κ3) is 8.69. The Labute approximate surface area is 251 Å². The third-order valence-electron chi connectivity index (χ3n) is 8.10. The van der Waals surface area contributed by atoms with E-state index in [1.807, 2.05) is 0 Å². The van der Waals surface area contributed by atoms with Crippen molar-refractivity contribution in [2.75, 3.05) is 0 Å². The fourth-order valence-corrected chi connectivity index (χ4v) is 5.52. The first-order valence-electron chi connectivity index (χ1n) is 14.5. The Morgan fingerprint density at radius 3 is 2.20 bits per heavy atom. The molecule has 17 heteroatoms. The van der Waals surface area contributed by atoms with Crippen LogP contribution in [0.3, 0.4) is 0 Å². The highest BCUT2D eigenvalue weighted by Gasteiger charge is 2.40. The van der Waals surface area contributed by atoms with Crippen molar-refractivity contribution in [1.82, 2.24) is 30.2 Å². The van der Waals surface area contributed by atoms with Gasteiger partial charge >= 0.3 is 12.4 Å². The van der Waals surface area contributed by atoms with Crippen molar-refractivity contribution < 1.29 is 49.2 Å². The largest absolute Gasteiger partial charge is 0.389 e. The maximum absolute atomic E-state index is 14.0. The third-order valence-corrected chi connectivity index (χ3v) is 8.10. The summed E-state index contributed by atoms with van der Waals surface area (Å²) in [7, 11) is 0. The molecule has 5 rings (SSSR count). The van der Waals surface area contributed by atoms with Crippen LogP contribution >= 0.6 is 0 Å². The molecule has 0 aromatic carbocycles. The lowest BCUT2D eigenvalue weighted by Gasteiger charge is -2.33. The monoisotopic (exact) mass is 650 g/mol. The Morgan fingerprint density at radius 1 is 0.933 bits per heavy atom. The Balaban J connectivity index is 1.39. The molecular formula is C28H30F8N6O3. The Kier molecular flexibility index (Phi) is 9.08. The van der Waals surface area contributed by atoms with Crippen LogP contribution in [-0.4, -0.2) is 49.6 Å². The van der Waals surface area contributed by atoms with Crippen LogP contribution in [-0.2, 0) is 11.2 Å². The topological polar surface area (TPSA) is 114 Å². The molecule has 3 aromatic heterocycles. The van der Waals surface area contributed by atoms with Crippen molar-refractivity contribution >= 4 is 17.6 Å². The number of hydrogen-bond donors (Lipinski definition) is 2. The maximum atomic E-state index is 14.0. The van der Waals surface area contributed by atoms with E-state index in [1.54, 1.807) is 12.3 Å². The molecule has 0 spiro atoms. The number of fused-ring (bicyclic) bond motifs is 1. The number of amides is 2. The molecule has 2 atom stereocenters. The van der Waals surface area contributed by atoms with Crippen LogP contribution in [0.4, 0.5) is 35.1 Å². The number of aromatic nitrogens is 4. The zero-order valence-corrected chi connectivity index (χ0v) is 23.7. The zero-order valence-electron chi connectivity index (χ0n) is 23.7. The highest BCUT2D eigenvalue weighted by molar-refractivity contribution is 5.95. The number of nitrogens with one attached hydrogen (secondary N) is 2. The summed E-state index contributed by atoms with van der Waals surface area (Å²) in [6.07, 6.45) is -8.06. The summed E-state index contributed by atoms with van der Waals surface area (Å²) in [5.41, 5.74) is 0.208. The van der Waals surface area contributed by atoms with Crippen LogP contribution in [0, 0.1) is 11.8 Å². The van der Waals surface area contributed by atoms with E-state index in [1.165, 1.54) is 10.6 Å². The van der Waals surface area contributed by atoms with Crippen LogP contribution in [0.1, 0.15) is 97.3 Å². The average molecular weight is 651 g/mol. The molecule has 2 N–H and O–H groups in total. The van der Waals surface area contributed by atoms with Crippen molar-refractivity contribution in [3.8, 4) is 0 Å². The van der Waals surface area contributed by atoms with Gasteiger partial charge in [-0.25, -0.2) is 18.7 Å². The SMILES string of the molecule is O=C(CCC(F)(F)F)NC(c1ccn2cc([C@@H](NC(=O)c3conc3CCC(F)(F)F)C3CCC(F)(F)CC3)nc2n1)C1CC1. The first kappa shape index (κ1) is 32.6. The van der Waals surface area contributed by atoms with Crippen LogP contribution in [0.15, 0.2) is 29.2 Å². The van der Waals surface area contributed by atoms with Gasteiger partial charge in [0.2, 0.25) is 17.6 Å². The van der Waals surface area contributed by atoms with E-state index in [9.17, 15) is 44.7 Å². The highest BCUT2D eigenvalue weighted by Crippen LogP contribution is 2.42. The van der Waals surface area contributed by atoms with Crippen LogP contribution < -0.4 is 10.6 Å². The van der Waals surface area contributed by atoms with E-state index in [0.29, 0.717) is 5.69 Å². The molecule has 3 heterocycles. The van der Waals surface area contributed by atoms with Gasteiger partial charge in [0.25, 0.3) is 5.91 Å². The quantitative estimate of drug-likeness (QED) is 0.232. The van der Waals surface area contributed by atoms with Gasteiger partial charge < -0.3 is 15.2 Å². The summed E-state index contributed by atoms with van der Waals surface area (Å²) < 4.78 is 110. The lowest BCUT2D eigenvalue weighted by Crippen LogP contribution is -2.37. The van der Waals surface area contributed by atoms with Crippen molar-refractivity contribution in [2.24, 2.45) is 11.8 Å². The summed E-state index contributed by atoms with van der Waals surface area (Å²) in [6.45, 7) is 0. The number of carbonyl (C=O) groups excluding carboxylic acids is 2. The van der Waals surface area contributed by atoms with E-state index < -0.39 is 86.6 Å². The number of alkyl halides is 8. The molecule has 0 bridgehead atoms. The minimum absolute atomic E-state index is 0.0183. The molecule has 2 fully saturated rings. The van der Waals surface area contributed by atoms with E-state index >= 15 is 0 Å². The molecular weight excluding hydrogens is 620 g/mol. The minimum Gasteiger partial charge on any atom is -0.364 e. The summed E-state index contributed by atoms with van der Waals surface area (Å²) in [4.78, 5) is 34.6. The van der Waals surface area contributed by atoms with Crippen molar-refractivity contribution in [1.29, 1.82) is 0 Å². The minimum atomic E-state index is -4.49. The van der Waals surface area contributed by atoms with Crippen LogP contribution in [0.5, 0.6) is 0 Å². The fourth-order valence-electron chi connectivity index (χ4n) is 5.52. The standard InChI is InChI=1S/C28H30F8N6O3/c29-26(30)8-3-16(4-9-26)23(40-24(44)17-14-45-41-18(17)5-10-27(31,32)33)20-13-42-12-7-19(37-25(42)38-20)22(15-1-2-15)39-21(43)6-11-28(34,35)36/h7,12-16,22-23H,1-6,8-11H2,(H,39,43)(H,40,44)/t22?,23-/m0/s1. The van der Waals surface area contributed by atoms with Gasteiger partial charge in [0, 0.05) is 44.5 Å². The lowest BCUT2D eigenvalue weighted by atomic mass is 9.81. The fraction of sp³-hybridized carbons (Fsp3) is 0.607. The Bertz CT molecular complexity index is 1500. The average Bonchev–Trinajstić information content (AvgIpc) is 3.52. The van der Waals surface area contributed by atoms with Gasteiger partial charge in [0.1, 0.15) is 11.8 Å². The first-order chi connectivity index (χ1) is 21.1. The lowest BCUT2D eigenvalue weighted by molar-refractivity contribution is -0.144. The van der Waals surface area contributed by atoms with Crippen molar-refractivity contribution in [2.45, 2.75) is 94.6 Å².